The molecule has 2 amide bonds. The van der Waals surface area contributed by atoms with Gasteiger partial charge in [0.05, 0.1) is 6.54 Å². The van der Waals surface area contributed by atoms with E-state index in [0.29, 0.717) is 45.2 Å². The fourth-order valence-corrected chi connectivity index (χ4v) is 5.40. The number of carboxylic acids is 1. The second kappa shape index (κ2) is 8.59. The third kappa shape index (κ3) is 4.54. The molecule has 3 atom stereocenters. The van der Waals surface area contributed by atoms with E-state index in [0.717, 1.165) is 0 Å². The molecule has 0 saturated carbocycles. The first-order valence-electron chi connectivity index (χ1n) is 11.0. The fourth-order valence-electron chi connectivity index (χ4n) is 5.40. The molecule has 11 heteroatoms. The number of carbonyl (C=O) groups is 3. The maximum Gasteiger partial charge on any atom is 0.451 e. The van der Waals surface area contributed by atoms with Gasteiger partial charge in [0.1, 0.15) is 17.2 Å². The van der Waals surface area contributed by atoms with Crippen LogP contribution in [0.4, 0.5) is 4.79 Å². The van der Waals surface area contributed by atoms with E-state index in [9.17, 15) is 29.5 Å². The lowest BCUT2D eigenvalue weighted by Gasteiger charge is -2.35. The Kier molecular flexibility index (Phi) is 6.60. The first kappa shape index (κ1) is 23.8. The molecule has 0 radical (unpaired) electrons. The van der Waals surface area contributed by atoms with Gasteiger partial charge >= 0.3 is 19.2 Å². The molecule has 0 aromatic carbocycles. The highest BCUT2D eigenvalue weighted by Crippen LogP contribution is 2.50. The fraction of sp³-hybridized carbons (Fsp3) is 0.850. The molecule has 0 aromatic heterocycles. The van der Waals surface area contributed by atoms with Crippen molar-refractivity contribution in [3.8, 4) is 0 Å². The van der Waals surface area contributed by atoms with Crippen molar-refractivity contribution in [1.82, 2.24) is 15.1 Å². The molecular weight excluding hydrogens is 405 g/mol. The molecule has 0 aliphatic carbocycles. The van der Waals surface area contributed by atoms with Gasteiger partial charge in [0.15, 0.2) is 0 Å². The summed E-state index contributed by atoms with van der Waals surface area (Å²) in [5.74, 6) is -1.25. The lowest BCUT2D eigenvalue weighted by molar-refractivity contribution is -0.147. The molecule has 0 unspecified atom stereocenters. The van der Waals surface area contributed by atoms with E-state index in [2.05, 4.69) is 5.32 Å². The van der Waals surface area contributed by atoms with E-state index in [1.807, 2.05) is 0 Å². The Balaban J connectivity index is 1.78. The third-order valence-corrected chi connectivity index (χ3v) is 6.82. The first-order chi connectivity index (χ1) is 14.4. The quantitative estimate of drug-likeness (QED) is 0.433. The molecule has 4 N–H and O–H groups in total. The Labute approximate surface area is 183 Å². The predicted molar refractivity (Wildman–Crippen MR) is 112 cm³/mol. The van der Waals surface area contributed by atoms with Crippen LogP contribution < -0.4 is 5.32 Å². The zero-order valence-electron chi connectivity index (χ0n) is 18.6. The smallest absolute Gasteiger partial charge is 0.451 e. The van der Waals surface area contributed by atoms with Crippen LogP contribution in [-0.2, 0) is 14.3 Å². The van der Waals surface area contributed by atoms with Crippen molar-refractivity contribution < 1.29 is 34.3 Å². The SMILES string of the molecule is CC(C)(C)OC(=O)N1CCC[C@H]1C(=O)N1C[C@@]2(CCCB(O)O)CCN[C@@]2(C(=O)O)C1. The van der Waals surface area contributed by atoms with Crippen molar-refractivity contribution in [2.75, 3.05) is 26.2 Å². The zero-order chi connectivity index (χ0) is 23.0. The van der Waals surface area contributed by atoms with Gasteiger partial charge in [0.2, 0.25) is 5.91 Å². The average molecular weight is 439 g/mol. The molecule has 10 nitrogen and oxygen atoms in total. The minimum absolute atomic E-state index is 0.0293. The monoisotopic (exact) mass is 439 g/mol. The number of nitrogens with zero attached hydrogens (tertiary/aromatic N) is 2. The molecule has 3 saturated heterocycles. The highest BCUT2D eigenvalue weighted by molar-refractivity contribution is 6.40. The molecule has 0 bridgehead atoms. The van der Waals surface area contributed by atoms with Crippen LogP contribution in [-0.4, -0.2) is 93.4 Å². The number of rotatable bonds is 6. The number of carbonyl (C=O) groups excluding carboxylic acids is 2. The highest BCUT2D eigenvalue weighted by Gasteiger charge is 2.65. The van der Waals surface area contributed by atoms with Crippen LogP contribution >= 0.6 is 0 Å². The summed E-state index contributed by atoms with van der Waals surface area (Å²) in [5, 5.41) is 31.6. The summed E-state index contributed by atoms with van der Waals surface area (Å²) < 4.78 is 5.46. The van der Waals surface area contributed by atoms with Crippen LogP contribution in [0.5, 0.6) is 0 Å². The average Bonchev–Trinajstić information content (AvgIpc) is 3.31. The van der Waals surface area contributed by atoms with Gasteiger partial charge < -0.3 is 24.8 Å². The van der Waals surface area contributed by atoms with Crippen molar-refractivity contribution >= 4 is 25.1 Å². The van der Waals surface area contributed by atoms with Crippen LogP contribution in [0.15, 0.2) is 0 Å². The Bertz CT molecular complexity index is 728. The number of aliphatic carboxylic acids is 1. The first-order valence-corrected chi connectivity index (χ1v) is 11.0. The summed E-state index contributed by atoms with van der Waals surface area (Å²) in [5.41, 5.74) is -2.62. The van der Waals surface area contributed by atoms with E-state index in [1.54, 1.807) is 25.7 Å². The van der Waals surface area contributed by atoms with Gasteiger partial charge in [-0.15, -0.1) is 0 Å². The van der Waals surface area contributed by atoms with Gasteiger partial charge in [-0.2, -0.15) is 0 Å². The van der Waals surface area contributed by atoms with Gasteiger partial charge in [-0.05, 0) is 59.3 Å². The van der Waals surface area contributed by atoms with Crippen LogP contribution in [0.3, 0.4) is 0 Å². The second-order valence-electron chi connectivity index (χ2n) is 10.1. The molecule has 3 aliphatic heterocycles. The van der Waals surface area contributed by atoms with Crippen LogP contribution in [0.1, 0.15) is 52.9 Å². The summed E-state index contributed by atoms with van der Waals surface area (Å²) in [6.45, 7) is 6.58. The van der Waals surface area contributed by atoms with E-state index in [-0.39, 0.29) is 25.3 Å². The highest BCUT2D eigenvalue weighted by atomic mass is 16.6. The minimum Gasteiger partial charge on any atom is -0.480 e. The van der Waals surface area contributed by atoms with E-state index in [4.69, 9.17) is 4.74 Å². The number of carboxylic acid groups (broad SMARTS) is 1. The standard InChI is InChI=1S/C20H34BN3O7/c1-18(2,3)31-17(28)24-11-4-6-14(24)15(25)23-12-19(7-5-9-21(29)30)8-10-22-20(19,13-23)16(26)27/h14,22,29-30H,4-13H2,1-3H3,(H,26,27)/t14-,19+,20+/m0/s1. The molecule has 3 heterocycles. The number of ether oxygens (including phenoxy) is 1. The Morgan fingerprint density at radius 1 is 1.23 bits per heavy atom. The molecule has 0 spiro atoms. The van der Waals surface area contributed by atoms with Crippen LogP contribution in [0.2, 0.25) is 6.32 Å². The van der Waals surface area contributed by atoms with Crippen molar-refractivity contribution in [3.63, 3.8) is 0 Å². The Hall–Kier alpha value is -1.85. The topological polar surface area (TPSA) is 140 Å². The number of fused-ring (bicyclic) bond motifs is 1. The molecule has 3 rings (SSSR count). The van der Waals surface area contributed by atoms with Crippen molar-refractivity contribution in [1.29, 1.82) is 0 Å². The molecule has 0 aromatic rings. The largest absolute Gasteiger partial charge is 0.480 e. The third-order valence-electron chi connectivity index (χ3n) is 6.82. The van der Waals surface area contributed by atoms with Gasteiger partial charge in [-0.1, -0.05) is 6.42 Å². The molecule has 3 aliphatic rings. The lowest BCUT2D eigenvalue weighted by atomic mass is 9.68. The number of hydrogen-bond donors (Lipinski definition) is 4. The maximum atomic E-state index is 13.4. The van der Waals surface area contributed by atoms with Gasteiger partial charge in [0.25, 0.3) is 0 Å². The lowest BCUT2D eigenvalue weighted by Crippen LogP contribution is -2.58. The number of hydrogen-bond acceptors (Lipinski definition) is 7. The minimum atomic E-state index is -1.44. The van der Waals surface area contributed by atoms with Crippen LogP contribution in [0, 0.1) is 5.41 Å². The Morgan fingerprint density at radius 2 is 1.94 bits per heavy atom. The second-order valence-corrected chi connectivity index (χ2v) is 10.1. The molecule has 174 valence electrons. The number of likely N-dealkylation sites (tertiary alicyclic amines) is 2. The predicted octanol–water partition coefficient (Wildman–Crippen LogP) is 0.284. The molecule has 31 heavy (non-hydrogen) atoms. The van der Waals surface area contributed by atoms with Gasteiger partial charge in [-0.3, -0.25) is 19.8 Å². The van der Waals surface area contributed by atoms with Crippen molar-refractivity contribution in [2.45, 2.75) is 76.4 Å². The van der Waals surface area contributed by atoms with E-state index >= 15 is 0 Å². The number of nitrogens with one attached hydrogen (secondary N) is 1. The van der Waals surface area contributed by atoms with Crippen molar-refractivity contribution in [2.24, 2.45) is 5.41 Å². The zero-order valence-corrected chi connectivity index (χ0v) is 18.6. The normalized spacial score (nSPS) is 30.4. The van der Waals surface area contributed by atoms with E-state index in [1.165, 1.54) is 4.90 Å². The summed E-state index contributed by atoms with van der Waals surface area (Å²) in [6, 6.07) is -0.657. The summed E-state index contributed by atoms with van der Waals surface area (Å²) in [4.78, 5) is 41.4. The molecular formula is C20H34BN3O7. The van der Waals surface area contributed by atoms with Crippen LogP contribution in [0.25, 0.3) is 0 Å². The van der Waals surface area contributed by atoms with Gasteiger partial charge in [0, 0.05) is 18.5 Å². The Morgan fingerprint density at radius 3 is 2.55 bits per heavy atom. The summed E-state index contributed by atoms with van der Waals surface area (Å²) >= 11 is 0. The van der Waals surface area contributed by atoms with Gasteiger partial charge in [-0.25, -0.2) is 4.79 Å². The number of amides is 2. The van der Waals surface area contributed by atoms with E-state index < -0.39 is 41.8 Å². The van der Waals surface area contributed by atoms with Crippen molar-refractivity contribution in [3.05, 3.63) is 0 Å². The molecule has 3 fully saturated rings. The maximum absolute atomic E-state index is 13.4. The summed E-state index contributed by atoms with van der Waals surface area (Å²) in [7, 11) is -1.44. The summed E-state index contributed by atoms with van der Waals surface area (Å²) in [6.07, 6.45) is 2.33.